The minimum absolute atomic E-state index is 0.0877. The fourth-order valence-electron chi connectivity index (χ4n) is 2.83. The molecule has 2 aromatic heterocycles. The third-order valence-electron chi connectivity index (χ3n) is 4.53. The predicted molar refractivity (Wildman–Crippen MR) is 118 cm³/mol. The first kappa shape index (κ1) is 23.5. The van der Waals surface area contributed by atoms with Crippen molar-refractivity contribution in [2.45, 2.75) is 36.1 Å². The number of thioether (sulfide) groups is 1. The highest BCUT2D eigenvalue weighted by Crippen LogP contribution is 2.27. The highest BCUT2D eigenvalue weighted by Gasteiger charge is 2.24. The van der Waals surface area contributed by atoms with Crippen LogP contribution >= 0.6 is 23.4 Å². The summed E-state index contributed by atoms with van der Waals surface area (Å²) >= 11 is 7.07. The number of aromatic nitrogens is 3. The molecule has 0 aliphatic rings. The van der Waals surface area contributed by atoms with E-state index in [-0.39, 0.29) is 15.8 Å². The smallest absolute Gasteiger partial charge is 0.244 e. The Morgan fingerprint density at radius 3 is 2.61 bits per heavy atom. The first-order valence-electron chi connectivity index (χ1n) is 9.44. The van der Waals surface area contributed by atoms with E-state index in [2.05, 4.69) is 15.5 Å². The number of rotatable bonds is 8. The van der Waals surface area contributed by atoms with Crippen molar-refractivity contribution < 1.29 is 17.6 Å². The maximum Gasteiger partial charge on any atom is 0.244 e. The van der Waals surface area contributed by atoms with Crippen LogP contribution in [0.4, 0.5) is 10.1 Å². The van der Waals surface area contributed by atoms with Gasteiger partial charge in [0.15, 0.2) is 10.8 Å². The SMILES string of the molecule is CCN(CC)S(=O)(=O)c1ccc2nnc(S[C@@H](C)C(=O)Nc3ccc(F)cc3Cl)n2c1. The van der Waals surface area contributed by atoms with Gasteiger partial charge in [-0.2, -0.15) is 4.31 Å². The molecule has 0 unspecified atom stereocenters. The van der Waals surface area contributed by atoms with E-state index in [9.17, 15) is 17.6 Å². The van der Waals surface area contributed by atoms with Crippen LogP contribution in [-0.4, -0.2) is 51.6 Å². The Labute approximate surface area is 188 Å². The van der Waals surface area contributed by atoms with E-state index in [0.29, 0.717) is 29.6 Å². The number of pyridine rings is 1. The van der Waals surface area contributed by atoms with Crippen LogP contribution in [0.25, 0.3) is 5.65 Å². The van der Waals surface area contributed by atoms with Gasteiger partial charge in [-0.1, -0.05) is 37.2 Å². The van der Waals surface area contributed by atoms with Crippen LogP contribution in [0.5, 0.6) is 0 Å². The molecule has 0 radical (unpaired) electrons. The molecule has 1 N–H and O–H groups in total. The zero-order chi connectivity index (χ0) is 22.8. The van der Waals surface area contributed by atoms with Crippen molar-refractivity contribution in [2.75, 3.05) is 18.4 Å². The molecule has 31 heavy (non-hydrogen) atoms. The lowest BCUT2D eigenvalue weighted by Gasteiger charge is -2.18. The molecule has 166 valence electrons. The number of nitrogens with zero attached hydrogens (tertiary/aromatic N) is 4. The molecular weight excluding hydrogens is 465 g/mol. The second-order valence-corrected chi connectivity index (χ2v) is 10.2. The standard InChI is InChI=1S/C19H21ClFN5O3S2/c1-4-25(5-2)31(28,29)14-7-9-17-23-24-19(26(17)11-14)30-12(3)18(27)22-16-8-6-13(21)10-15(16)20/h6-12H,4-5H2,1-3H3,(H,22,27)/t12-/m0/s1. The zero-order valence-electron chi connectivity index (χ0n) is 17.0. The molecule has 12 heteroatoms. The Balaban J connectivity index is 1.83. The predicted octanol–water partition coefficient (Wildman–Crippen LogP) is 3.67. The number of anilines is 1. The number of hydrogen-bond acceptors (Lipinski definition) is 6. The zero-order valence-corrected chi connectivity index (χ0v) is 19.4. The molecular formula is C19H21ClFN5O3S2. The van der Waals surface area contributed by atoms with Crippen LogP contribution in [0.1, 0.15) is 20.8 Å². The Morgan fingerprint density at radius 1 is 1.26 bits per heavy atom. The Bertz CT molecular complexity index is 1210. The molecule has 2 heterocycles. The second kappa shape index (κ2) is 9.51. The molecule has 3 aromatic rings. The largest absolute Gasteiger partial charge is 0.324 e. The summed E-state index contributed by atoms with van der Waals surface area (Å²) in [4.78, 5) is 12.7. The van der Waals surface area contributed by atoms with Gasteiger partial charge >= 0.3 is 0 Å². The van der Waals surface area contributed by atoms with Gasteiger partial charge in [0.1, 0.15) is 5.82 Å². The van der Waals surface area contributed by atoms with Gasteiger partial charge in [0.25, 0.3) is 0 Å². The van der Waals surface area contributed by atoms with Crippen molar-refractivity contribution in [3.63, 3.8) is 0 Å². The van der Waals surface area contributed by atoms with Crippen LogP contribution in [0, 0.1) is 5.82 Å². The van der Waals surface area contributed by atoms with Gasteiger partial charge in [0.05, 0.1) is 20.9 Å². The summed E-state index contributed by atoms with van der Waals surface area (Å²) in [5, 5.41) is 10.6. The van der Waals surface area contributed by atoms with Crippen molar-refractivity contribution in [3.05, 3.63) is 47.4 Å². The van der Waals surface area contributed by atoms with Crippen molar-refractivity contribution >= 4 is 50.6 Å². The van der Waals surface area contributed by atoms with Crippen molar-refractivity contribution in [2.24, 2.45) is 0 Å². The maximum absolute atomic E-state index is 13.2. The summed E-state index contributed by atoms with van der Waals surface area (Å²) < 4.78 is 41.7. The normalized spacial score (nSPS) is 13.0. The lowest BCUT2D eigenvalue weighted by atomic mass is 10.3. The van der Waals surface area contributed by atoms with Gasteiger partial charge < -0.3 is 5.32 Å². The molecule has 0 fully saturated rings. The minimum Gasteiger partial charge on any atom is -0.324 e. The molecule has 1 aromatic carbocycles. The molecule has 0 bridgehead atoms. The number of amides is 1. The summed E-state index contributed by atoms with van der Waals surface area (Å²) in [5.74, 6) is -0.877. The molecule has 3 rings (SSSR count). The fraction of sp³-hybridized carbons (Fsp3) is 0.316. The monoisotopic (exact) mass is 485 g/mol. The van der Waals surface area contributed by atoms with Gasteiger partial charge in [0, 0.05) is 19.3 Å². The van der Waals surface area contributed by atoms with E-state index in [1.165, 1.54) is 33.1 Å². The van der Waals surface area contributed by atoms with E-state index in [1.54, 1.807) is 26.8 Å². The van der Waals surface area contributed by atoms with Gasteiger partial charge in [0.2, 0.25) is 15.9 Å². The van der Waals surface area contributed by atoms with Crippen molar-refractivity contribution in [1.29, 1.82) is 0 Å². The van der Waals surface area contributed by atoms with E-state index in [4.69, 9.17) is 11.6 Å². The second-order valence-electron chi connectivity index (χ2n) is 6.54. The van der Waals surface area contributed by atoms with Crippen LogP contribution in [0.3, 0.4) is 0 Å². The Morgan fingerprint density at radius 2 is 1.97 bits per heavy atom. The lowest BCUT2D eigenvalue weighted by Crippen LogP contribution is -2.30. The summed E-state index contributed by atoms with van der Waals surface area (Å²) in [6.07, 6.45) is 1.45. The van der Waals surface area contributed by atoms with Crippen molar-refractivity contribution in [1.82, 2.24) is 18.9 Å². The first-order valence-corrected chi connectivity index (χ1v) is 12.1. The quantitative estimate of drug-likeness (QED) is 0.489. The molecule has 0 aliphatic heterocycles. The van der Waals surface area contributed by atoms with Crippen molar-refractivity contribution in [3.8, 4) is 0 Å². The number of nitrogens with one attached hydrogen (secondary N) is 1. The first-order chi connectivity index (χ1) is 14.7. The number of fused-ring (bicyclic) bond motifs is 1. The van der Waals surface area contributed by atoms with Crippen LogP contribution in [0.15, 0.2) is 46.6 Å². The number of sulfonamides is 1. The lowest BCUT2D eigenvalue weighted by molar-refractivity contribution is -0.115. The van der Waals surface area contributed by atoms with Crippen LogP contribution < -0.4 is 5.32 Å². The third kappa shape index (κ3) is 5.00. The average molecular weight is 486 g/mol. The van der Waals surface area contributed by atoms with E-state index in [1.807, 2.05) is 0 Å². The number of hydrogen-bond donors (Lipinski definition) is 1. The topological polar surface area (TPSA) is 96.7 Å². The molecule has 0 saturated carbocycles. The fourth-order valence-corrected chi connectivity index (χ4v) is 5.33. The molecule has 8 nitrogen and oxygen atoms in total. The Hall–Kier alpha value is -2.21. The molecule has 0 saturated heterocycles. The van der Waals surface area contributed by atoms with Gasteiger partial charge in [-0.05, 0) is 37.3 Å². The van der Waals surface area contributed by atoms with Gasteiger partial charge in [-0.15, -0.1) is 10.2 Å². The summed E-state index contributed by atoms with van der Waals surface area (Å²) in [6, 6.07) is 6.74. The third-order valence-corrected chi connectivity index (χ3v) is 7.93. The number of benzene rings is 1. The molecule has 1 atom stereocenters. The molecule has 1 amide bonds. The van der Waals surface area contributed by atoms with E-state index in [0.717, 1.165) is 17.8 Å². The maximum atomic E-state index is 13.2. The van der Waals surface area contributed by atoms with Crippen LogP contribution in [-0.2, 0) is 14.8 Å². The molecule has 0 spiro atoms. The highest BCUT2D eigenvalue weighted by molar-refractivity contribution is 8.00. The van der Waals surface area contributed by atoms with Crippen LogP contribution in [0.2, 0.25) is 5.02 Å². The van der Waals surface area contributed by atoms with Gasteiger partial charge in [-0.25, -0.2) is 12.8 Å². The Kier molecular flexibility index (Phi) is 7.20. The average Bonchev–Trinajstić information content (AvgIpc) is 3.12. The van der Waals surface area contributed by atoms with E-state index >= 15 is 0 Å². The highest BCUT2D eigenvalue weighted by atomic mass is 35.5. The summed E-state index contributed by atoms with van der Waals surface area (Å²) in [6.45, 7) is 5.91. The minimum atomic E-state index is -3.66. The van der Waals surface area contributed by atoms with Gasteiger partial charge in [-0.3, -0.25) is 9.20 Å². The number of carbonyl (C=O) groups excluding carboxylic acids is 1. The number of halogens is 2. The summed E-state index contributed by atoms with van der Waals surface area (Å²) in [7, 11) is -3.66. The molecule has 0 aliphatic carbocycles. The number of carbonyl (C=O) groups is 1. The van der Waals surface area contributed by atoms with E-state index < -0.39 is 21.1 Å². The summed E-state index contributed by atoms with van der Waals surface area (Å²) in [5.41, 5.74) is 0.745.